The summed E-state index contributed by atoms with van der Waals surface area (Å²) >= 11 is 0. The predicted octanol–water partition coefficient (Wildman–Crippen LogP) is 2.95. The van der Waals surface area contributed by atoms with Crippen LogP contribution in [0, 0.1) is 6.92 Å². The summed E-state index contributed by atoms with van der Waals surface area (Å²) in [6.07, 6.45) is 4.92. The van der Waals surface area contributed by atoms with E-state index in [9.17, 15) is 14.7 Å². The van der Waals surface area contributed by atoms with Crippen molar-refractivity contribution in [3.05, 3.63) is 53.9 Å². The molecule has 172 valence electrons. The van der Waals surface area contributed by atoms with Crippen molar-refractivity contribution in [1.29, 1.82) is 0 Å². The molecule has 9 nitrogen and oxygen atoms in total. The molecular formula is C24H27N5O4. The molecule has 2 unspecified atom stereocenters. The number of rotatable bonds is 5. The van der Waals surface area contributed by atoms with Crippen LogP contribution in [0.3, 0.4) is 0 Å². The predicted molar refractivity (Wildman–Crippen MR) is 123 cm³/mol. The Morgan fingerprint density at radius 3 is 2.58 bits per heavy atom. The summed E-state index contributed by atoms with van der Waals surface area (Å²) in [4.78, 5) is 28.5. The summed E-state index contributed by atoms with van der Waals surface area (Å²) in [6, 6.07) is 9.01. The third-order valence-corrected chi connectivity index (χ3v) is 6.47. The van der Waals surface area contributed by atoms with Gasteiger partial charge in [-0.25, -0.2) is 9.31 Å². The van der Waals surface area contributed by atoms with E-state index in [-0.39, 0.29) is 18.0 Å². The first-order valence-corrected chi connectivity index (χ1v) is 11.1. The minimum absolute atomic E-state index is 0.118. The van der Waals surface area contributed by atoms with Crippen LogP contribution in [-0.2, 0) is 0 Å². The summed E-state index contributed by atoms with van der Waals surface area (Å²) < 4.78 is 7.77. The number of hydrogen-bond acceptors (Lipinski definition) is 5. The van der Waals surface area contributed by atoms with Crippen LogP contribution in [0.15, 0.2) is 42.7 Å². The van der Waals surface area contributed by atoms with Gasteiger partial charge in [0.05, 0.1) is 23.9 Å². The Kier molecular flexibility index (Phi) is 5.20. The molecule has 1 aliphatic heterocycles. The topological polar surface area (TPSA) is 99.4 Å². The number of nitrogens with one attached hydrogen (secondary N) is 1. The number of nitrogens with zero attached hydrogens (tertiary/aromatic N) is 4. The molecule has 1 saturated heterocycles. The molecule has 3 aromatic rings. The molecule has 0 spiro atoms. The zero-order valence-electron chi connectivity index (χ0n) is 18.9. The van der Waals surface area contributed by atoms with Crippen LogP contribution in [0.2, 0.25) is 0 Å². The van der Waals surface area contributed by atoms with Crippen molar-refractivity contribution in [1.82, 2.24) is 19.8 Å². The van der Waals surface area contributed by atoms with E-state index in [1.807, 2.05) is 26.0 Å². The number of carbonyl (C=O) groups is 2. The van der Waals surface area contributed by atoms with Crippen LogP contribution in [0.1, 0.15) is 35.7 Å². The smallest absolute Gasteiger partial charge is 0.321 e. The molecular weight excluding hydrogens is 422 g/mol. The maximum absolute atomic E-state index is 13.0. The number of anilines is 1. The third-order valence-electron chi connectivity index (χ3n) is 6.47. The van der Waals surface area contributed by atoms with Crippen molar-refractivity contribution < 1.29 is 19.4 Å². The van der Waals surface area contributed by atoms with E-state index in [1.165, 1.54) is 0 Å². The molecule has 2 fully saturated rings. The van der Waals surface area contributed by atoms with E-state index in [0.29, 0.717) is 35.2 Å². The Morgan fingerprint density at radius 1 is 1.21 bits per heavy atom. The molecule has 3 heterocycles. The first-order valence-electron chi connectivity index (χ1n) is 11.1. The summed E-state index contributed by atoms with van der Waals surface area (Å²) in [6.45, 7) is 4.04. The van der Waals surface area contributed by atoms with Crippen LogP contribution in [0.4, 0.5) is 10.5 Å². The molecule has 2 aromatic heterocycles. The van der Waals surface area contributed by atoms with Crippen LogP contribution in [0.5, 0.6) is 11.5 Å². The molecule has 2 N–H and O–H groups in total. The molecule has 2 aliphatic rings. The highest BCUT2D eigenvalue weighted by atomic mass is 16.5. The van der Waals surface area contributed by atoms with Gasteiger partial charge in [-0.05, 0) is 56.5 Å². The number of amides is 3. The van der Waals surface area contributed by atoms with Crippen molar-refractivity contribution >= 4 is 23.1 Å². The number of ether oxygens (including phenoxy) is 1. The normalized spacial score (nSPS) is 19.8. The Morgan fingerprint density at radius 2 is 1.94 bits per heavy atom. The highest BCUT2D eigenvalue weighted by Crippen LogP contribution is 2.32. The van der Waals surface area contributed by atoms with Crippen LogP contribution >= 0.6 is 0 Å². The highest BCUT2D eigenvalue weighted by molar-refractivity contribution is 5.99. The van der Waals surface area contributed by atoms with Crippen molar-refractivity contribution in [3.63, 3.8) is 0 Å². The fraction of sp³-hybridized carbons (Fsp3) is 0.375. The fourth-order valence-corrected chi connectivity index (χ4v) is 4.02. The van der Waals surface area contributed by atoms with Gasteiger partial charge >= 0.3 is 6.03 Å². The Balaban J connectivity index is 1.36. The van der Waals surface area contributed by atoms with Crippen LogP contribution in [-0.4, -0.2) is 63.3 Å². The maximum Gasteiger partial charge on any atom is 0.321 e. The summed E-state index contributed by atoms with van der Waals surface area (Å²) in [7, 11) is 1.74. The number of fused-ring (bicyclic) bond motifs is 1. The van der Waals surface area contributed by atoms with E-state index in [0.717, 1.165) is 24.1 Å². The average molecular weight is 450 g/mol. The van der Waals surface area contributed by atoms with Crippen LogP contribution in [0.25, 0.3) is 5.52 Å². The lowest BCUT2D eigenvalue weighted by atomic mass is 9.99. The Hall–Kier alpha value is -3.59. The van der Waals surface area contributed by atoms with Gasteiger partial charge in [0.1, 0.15) is 11.3 Å². The second kappa shape index (κ2) is 8.08. The van der Waals surface area contributed by atoms with Crippen molar-refractivity contribution in [3.8, 4) is 11.5 Å². The van der Waals surface area contributed by atoms with Gasteiger partial charge in [0.2, 0.25) is 0 Å². The van der Waals surface area contributed by atoms with Gasteiger partial charge in [-0.2, -0.15) is 5.10 Å². The lowest BCUT2D eigenvalue weighted by molar-refractivity contribution is -0.0357. The second-order valence-electron chi connectivity index (χ2n) is 8.80. The van der Waals surface area contributed by atoms with E-state index >= 15 is 0 Å². The van der Waals surface area contributed by atoms with Gasteiger partial charge in [-0.3, -0.25) is 9.69 Å². The van der Waals surface area contributed by atoms with Gasteiger partial charge in [0.25, 0.3) is 5.91 Å². The molecule has 1 aromatic carbocycles. The van der Waals surface area contributed by atoms with Crippen molar-refractivity contribution in [2.45, 2.75) is 44.9 Å². The van der Waals surface area contributed by atoms with Gasteiger partial charge in [-0.15, -0.1) is 0 Å². The lowest BCUT2D eigenvalue weighted by Crippen LogP contribution is -2.60. The number of β-amino-alcohol motifs (C(OH)–C–C–N with tert-alkyl or cyclic N) is 1. The first kappa shape index (κ1) is 21.3. The van der Waals surface area contributed by atoms with Gasteiger partial charge in [0.15, 0.2) is 5.75 Å². The third kappa shape index (κ3) is 3.89. The standard InChI is InChI=1S/C24H27N5O4/c1-14-19(23(31)28-13-20(30)15(28)2)12-29-22(14)21(10-11-25-29)33-18-8-6-17(7-9-18)27(3)24(32)26-16-4-5-16/h6-12,15-16,20,30H,4-5,13H2,1-3H3,(H,26,32). The summed E-state index contributed by atoms with van der Waals surface area (Å²) in [5.41, 5.74) is 2.78. The lowest BCUT2D eigenvalue weighted by Gasteiger charge is -2.43. The van der Waals surface area contributed by atoms with Gasteiger partial charge in [0, 0.05) is 37.6 Å². The minimum atomic E-state index is -0.481. The number of aliphatic hydroxyl groups excluding tert-OH is 1. The number of aromatic nitrogens is 2. The second-order valence-corrected chi connectivity index (χ2v) is 8.80. The summed E-state index contributed by atoms with van der Waals surface area (Å²) in [5, 5.41) is 17.1. The quantitative estimate of drug-likeness (QED) is 0.624. The molecule has 1 aliphatic carbocycles. The fourth-order valence-electron chi connectivity index (χ4n) is 4.02. The molecule has 0 radical (unpaired) electrons. The van der Waals surface area contributed by atoms with Gasteiger partial charge < -0.3 is 20.1 Å². The number of urea groups is 1. The monoisotopic (exact) mass is 449 g/mol. The molecule has 1 saturated carbocycles. The molecule has 0 bridgehead atoms. The van der Waals surface area contributed by atoms with E-state index < -0.39 is 6.10 Å². The number of aliphatic hydroxyl groups is 1. The first-order chi connectivity index (χ1) is 15.8. The molecule has 33 heavy (non-hydrogen) atoms. The zero-order valence-corrected chi connectivity index (χ0v) is 18.9. The van der Waals surface area contributed by atoms with E-state index in [2.05, 4.69) is 10.4 Å². The Bertz CT molecular complexity index is 1220. The molecule has 2 atom stereocenters. The van der Waals surface area contributed by atoms with Gasteiger partial charge in [-0.1, -0.05) is 0 Å². The molecule has 3 amide bonds. The number of aryl methyl sites for hydroxylation is 1. The van der Waals surface area contributed by atoms with Crippen LogP contribution < -0.4 is 15.0 Å². The average Bonchev–Trinajstić information content (AvgIpc) is 3.57. The molecule has 9 heteroatoms. The summed E-state index contributed by atoms with van der Waals surface area (Å²) in [5.74, 6) is 1.06. The minimum Gasteiger partial charge on any atom is -0.455 e. The number of likely N-dealkylation sites (tertiary alicyclic amines) is 1. The van der Waals surface area contributed by atoms with E-state index in [1.54, 1.807) is 52.0 Å². The Labute approximate surface area is 191 Å². The largest absolute Gasteiger partial charge is 0.455 e. The van der Waals surface area contributed by atoms with Crippen molar-refractivity contribution in [2.24, 2.45) is 0 Å². The highest BCUT2D eigenvalue weighted by Gasteiger charge is 2.38. The number of carbonyl (C=O) groups excluding carboxylic acids is 2. The number of hydrogen-bond donors (Lipinski definition) is 2. The molecule has 5 rings (SSSR count). The van der Waals surface area contributed by atoms with E-state index in [4.69, 9.17) is 4.74 Å². The SMILES string of the molecule is Cc1c(C(=O)N2CC(O)C2C)cn2nccc(Oc3ccc(N(C)C(=O)NC4CC4)cc3)c12. The van der Waals surface area contributed by atoms with Crippen molar-refractivity contribution in [2.75, 3.05) is 18.5 Å². The maximum atomic E-state index is 13.0. The number of benzene rings is 1. The zero-order chi connectivity index (χ0) is 23.3.